The number of piperidine rings is 1. The molecule has 0 radical (unpaired) electrons. The van der Waals surface area contributed by atoms with Gasteiger partial charge in [-0.2, -0.15) is 18.3 Å². The van der Waals surface area contributed by atoms with E-state index < -0.39 is 23.4 Å². The van der Waals surface area contributed by atoms with Gasteiger partial charge in [0.1, 0.15) is 17.9 Å². The van der Waals surface area contributed by atoms with Crippen LogP contribution < -0.4 is 4.74 Å². The van der Waals surface area contributed by atoms with Crippen LogP contribution in [-0.4, -0.2) is 51.2 Å². The minimum absolute atomic E-state index is 0.0551. The number of likely N-dealkylation sites (tertiary alicyclic amines) is 1. The fraction of sp³-hybridized carbons (Fsp3) is 0.459. The van der Waals surface area contributed by atoms with E-state index in [1.54, 1.807) is 23.5 Å². The number of thiophene rings is 1. The minimum atomic E-state index is -4.87. The number of nitrogens with zero attached hydrogens (tertiary/aromatic N) is 4. The van der Waals surface area contributed by atoms with Crippen LogP contribution in [0, 0.1) is 19.8 Å². The van der Waals surface area contributed by atoms with Crippen molar-refractivity contribution in [1.29, 1.82) is 0 Å². The van der Waals surface area contributed by atoms with E-state index >= 15 is 0 Å². The quantitative estimate of drug-likeness (QED) is 0.155. The molecule has 1 amide bonds. The lowest BCUT2D eigenvalue weighted by Gasteiger charge is -2.32. The summed E-state index contributed by atoms with van der Waals surface area (Å²) in [6.45, 7) is 7.49. The highest BCUT2D eigenvalue weighted by Crippen LogP contribution is 2.49. The molecule has 0 bridgehead atoms. The Morgan fingerprint density at radius 1 is 1.00 bits per heavy atom. The number of pyridine rings is 1. The van der Waals surface area contributed by atoms with Gasteiger partial charge in [-0.1, -0.05) is 18.2 Å². The molecule has 2 saturated carbocycles. The van der Waals surface area contributed by atoms with Gasteiger partial charge in [0.15, 0.2) is 11.5 Å². The number of aryl methyl sites for hydroxylation is 2. The van der Waals surface area contributed by atoms with Crippen molar-refractivity contribution in [2.24, 2.45) is 5.92 Å². The second kappa shape index (κ2) is 13.3. The molecule has 0 spiro atoms. The number of rotatable bonds is 10. The standard InChI is InChI=1S/C37H39F3N4O4S/c1-4-47-36(46)27-19-41-44(34(27)37(38,39)40)31-7-5-6-29(42-31)33-28(32(22(3)49-33)24-8-9-24)20-48-30-13-12-26(18-21(30)2)23-14-16-43(17-15-23)35(45)25-10-11-25/h5-7,12-13,18-19,23-25H,4,8-11,14-17,20H2,1-3H3. The maximum absolute atomic E-state index is 14.2. The van der Waals surface area contributed by atoms with Gasteiger partial charge in [0.2, 0.25) is 5.91 Å². The van der Waals surface area contributed by atoms with Gasteiger partial charge in [-0.3, -0.25) is 4.79 Å². The predicted molar refractivity (Wildman–Crippen MR) is 179 cm³/mol. The molecular weight excluding hydrogens is 653 g/mol. The zero-order chi connectivity index (χ0) is 34.4. The topological polar surface area (TPSA) is 86.5 Å². The van der Waals surface area contributed by atoms with Crippen molar-refractivity contribution < 1.29 is 32.2 Å². The van der Waals surface area contributed by atoms with E-state index in [2.05, 4.69) is 29.1 Å². The molecule has 4 aromatic rings. The first kappa shape index (κ1) is 33.3. The highest BCUT2D eigenvalue weighted by atomic mass is 32.1. The van der Waals surface area contributed by atoms with Gasteiger partial charge >= 0.3 is 12.1 Å². The number of carbonyl (C=O) groups excluding carboxylic acids is 2. The molecule has 0 atom stereocenters. The summed E-state index contributed by atoms with van der Waals surface area (Å²) in [5.41, 5.74) is 3.15. The average Bonchev–Trinajstić information content (AvgIpc) is 4.03. The van der Waals surface area contributed by atoms with Crippen molar-refractivity contribution >= 4 is 23.2 Å². The van der Waals surface area contributed by atoms with Crippen molar-refractivity contribution in [3.8, 4) is 22.1 Å². The molecule has 3 aliphatic rings. The Balaban J connectivity index is 1.13. The number of amides is 1. The average molecular weight is 693 g/mol. The number of aromatic nitrogens is 3. The van der Waals surface area contributed by atoms with Crippen LogP contribution in [-0.2, 0) is 22.3 Å². The lowest BCUT2D eigenvalue weighted by atomic mass is 9.88. The Bertz CT molecular complexity index is 1880. The summed E-state index contributed by atoms with van der Waals surface area (Å²) in [6.07, 6.45) is 2.15. The Hall–Kier alpha value is -4.19. The van der Waals surface area contributed by atoms with Gasteiger partial charge in [0, 0.05) is 29.4 Å². The van der Waals surface area contributed by atoms with Gasteiger partial charge < -0.3 is 14.4 Å². The van der Waals surface area contributed by atoms with Gasteiger partial charge in [0.25, 0.3) is 0 Å². The summed E-state index contributed by atoms with van der Waals surface area (Å²) in [7, 11) is 0. The fourth-order valence-electron chi connectivity index (χ4n) is 6.94. The lowest BCUT2D eigenvalue weighted by molar-refractivity contribution is -0.143. The number of halogens is 3. The molecule has 12 heteroatoms. The summed E-state index contributed by atoms with van der Waals surface area (Å²) in [5.74, 6) is 1.04. The van der Waals surface area contributed by atoms with E-state index in [0.29, 0.717) is 34.7 Å². The third-order valence-electron chi connectivity index (χ3n) is 9.71. The van der Waals surface area contributed by atoms with E-state index in [1.807, 2.05) is 17.9 Å². The fourth-order valence-corrected chi connectivity index (χ4v) is 8.16. The summed E-state index contributed by atoms with van der Waals surface area (Å²) in [4.78, 5) is 33.5. The molecule has 8 nitrogen and oxygen atoms in total. The highest BCUT2D eigenvalue weighted by molar-refractivity contribution is 7.15. The largest absolute Gasteiger partial charge is 0.489 e. The van der Waals surface area contributed by atoms with Crippen molar-refractivity contribution in [2.75, 3.05) is 19.7 Å². The summed E-state index contributed by atoms with van der Waals surface area (Å²) in [6, 6.07) is 11.2. The van der Waals surface area contributed by atoms with E-state index in [9.17, 15) is 22.8 Å². The summed E-state index contributed by atoms with van der Waals surface area (Å²) < 4.78 is 54.7. The Morgan fingerprint density at radius 3 is 2.41 bits per heavy atom. The summed E-state index contributed by atoms with van der Waals surface area (Å²) >= 11 is 1.56. The molecule has 0 unspecified atom stereocenters. The maximum Gasteiger partial charge on any atom is 0.434 e. The van der Waals surface area contributed by atoms with Gasteiger partial charge in [-0.15, -0.1) is 11.3 Å². The first-order chi connectivity index (χ1) is 23.5. The molecule has 4 heterocycles. The lowest BCUT2D eigenvalue weighted by Crippen LogP contribution is -2.38. The predicted octanol–water partition coefficient (Wildman–Crippen LogP) is 8.38. The van der Waals surface area contributed by atoms with Crippen LogP contribution in [0.15, 0.2) is 42.6 Å². The first-order valence-corrected chi connectivity index (χ1v) is 17.8. The van der Waals surface area contributed by atoms with Crippen LogP contribution >= 0.6 is 11.3 Å². The minimum Gasteiger partial charge on any atom is -0.489 e. The Morgan fingerprint density at radius 2 is 1.76 bits per heavy atom. The molecule has 3 aromatic heterocycles. The van der Waals surface area contributed by atoms with Crippen molar-refractivity contribution in [2.45, 2.75) is 83.9 Å². The van der Waals surface area contributed by atoms with Crippen LogP contribution in [0.25, 0.3) is 16.4 Å². The molecular formula is C37H39F3N4O4S. The van der Waals surface area contributed by atoms with E-state index in [-0.39, 0.29) is 18.3 Å². The molecule has 0 N–H and O–H groups in total. The number of hydrogen-bond donors (Lipinski definition) is 0. The zero-order valence-corrected chi connectivity index (χ0v) is 28.6. The number of esters is 1. The number of carbonyl (C=O) groups is 2. The number of ether oxygens (including phenoxy) is 2. The normalized spacial score (nSPS) is 17.0. The molecule has 7 rings (SSSR count). The van der Waals surface area contributed by atoms with E-state index in [1.165, 1.54) is 24.1 Å². The van der Waals surface area contributed by atoms with Crippen LogP contribution in [0.3, 0.4) is 0 Å². The maximum atomic E-state index is 14.2. The third kappa shape index (κ3) is 6.84. The molecule has 3 fully saturated rings. The zero-order valence-electron chi connectivity index (χ0n) is 27.8. The summed E-state index contributed by atoms with van der Waals surface area (Å²) in [5, 5.41) is 3.92. The van der Waals surface area contributed by atoms with E-state index in [4.69, 9.17) is 9.47 Å². The molecule has 258 valence electrons. The molecule has 1 aromatic carbocycles. The highest BCUT2D eigenvalue weighted by Gasteiger charge is 2.41. The first-order valence-electron chi connectivity index (χ1n) is 17.0. The third-order valence-corrected chi connectivity index (χ3v) is 10.9. The van der Waals surface area contributed by atoms with Crippen LogP contribution in [0.5, 0.6) is 5.75 Å². The SMILES string of the molecule is CCOC(=O)c1cnn(-c2cccc(-c3sc(C)c(C4CC4)c3COc3ccc(C4CCN(C(=O)C5CC5)CC4)cc3C)n2)c1C(F)(F)F. The Labute approximate surface area is 287 Å². The monoisotopic (exact) mass is 692 g/mol. The van der Waals surface area contributed by atoms with Crippen molar-refractivity contribution in [1.82, 2.24) is 19.7 Å². The van der Waals surface area contributed by atoms with Crippen LogP contribution in [0.1, 0.15) is 100 Å². The molecule has 49 heavy (non-hydrogen) atoms. The van der Waals surface area contributed by atoms with Gasteiger partial charge in [0.05, 0.1) is 23.4 Å². The molecule has 1 aliphatic heterocycles. The van der Waals surface area contributed by atoms with Crippen molar-refractivity contribution in [3.63, 3.8) is 0 Å². The number of alkyl halides is 3. The van der Waals surface area contributed by atoms with E-state index in [0.717, 1.165) is 84.4 Å². The second-order valence-electron chi connectivity index (χ2n) is 13.3. The van der Waals surface area contributed by atoms with Crippen molar-refractivity contribution in [3.05, 3.63) is 81.0 Å². The van der Waals surface area contributed by atoms with Gasteiger partial charge in [-0.05, 0) is 106 Å². The number of benzene rings is 1. The number of hydrogen-bond acceptors (Lipinski definition) is 7. The second-order valence-corrected chi connectivity index (χ2v) is 14.5. The van der Waals surface area contributed by atoms with Crippen LogP contribution in [0.4, 0.5) is 13.2 Å². The molecule has 1 saturated heterocycles. The molecule has 2 aliphatic carbocycles. The van der Waals surface area contributed by atoms with Crippen LogP contribution in [0.2, 0.25) is 0 Å². The Kier molecular flexibility index (Phi) is 9.02. The van der Waals surface area contributed by atoms with Gasteiger partial charge in [-0.25, -0.2) is 14.5 Å². The smallest absolute Gasteiger partial charge is 0.434 e.